The molecule has 0 unspecified atom stereocenters. The topological polar surface area (TPSA) is 93.4 Å². The normalized spacial score (nSPS) is 14.9. The van der Waals surface area contributed by atoms with Crippen molar-refractivity contribution in [2.24, 2.45) is 0 Å². The summed E-state index contributed by atoms with van der Waals surface area (Å²) < 4.78 is 11.0. The van der Waals surface area contributed by atoms with Gasteiger partial charge in [0, 0.05) is 30.9 Å². The van der Waals surface area contributed by atoms with Gasteiger partial charge in [0.15, 0.2) is 0 Å². The molecule has 1 aliphatic rings. The third kappa shape index (κ3) is 5.07. The van der Waals surface area contributed by atoms with Crippen LogP contribution in [0.4, 0.5) is 10.7 Å². The van der Waals surface area contributed by atoms with Crippen LogP contribution in [-0.4, -0.2) is 50.9 Å². The number of carbonyl (C=O) groups excluding carboxylic acids is 1. The number of rotatable bonds is 4. The van der Waals surface area contributed by atoms with Crippen molar-refractivity contribution in [3.05, 3.63) is 48.4 Å². The standard InChI is InChI=1S/C24H29N5O3/c1-16-20(21(28-32-16)17-8-6-5-7-9-17)19-10-13-25-22(27-19)26-18-11-14-29(15-12-18)23(30)31-24(2,3)4/h5-10,13,18H,11-12,14-15H2,1-4H3,(H,25,26,27). The molecule has 32 heavy (non-hydrogen) atoms. The quantitative estimate of drug-likeness (QED) is 0.622. The second-order valence-electron chi connectivity index (χ2n) is 8.98. The summed E-state index contributed by atoms with van der Waals surface area (Å²) >= 11 is 0. The van der Waals surface area contributed by atoms with Gasteiger partial charge in [-0.1, -0.05) is 35.5 Å². The average molecular weight is 436 g/mol. The zero-order chi connectivity index (χ0) is 22.7. The zero-order valence-electron chi connectivity index (χ0n) is 19.0. The molecule has 1 amide bonds. The molecule has 1 saturated heterocycles. The van der Waals surface area contributed by atoms with E-state index in [0.29, 0.717) is 24.8 Å². The van der Waals surface area contributed by atoms with E-state index in [4.69, 9.17) is 14.2 Å². The Bertz CT molecular complexity index is 1070. The van der Waals surface area contributed by atoms with Gasteiger partial charge in [-0.15, -0.1) is 0 Å². The van der Waals surface area contributed by atoms with E-state index in [-0.39, 0.29) is 12.1 Å². The van der Waals surface area contributed by atoms with E-state index in [1.165, 1.54) is 0 Å². The summed E-state index contributed by atoms with van der Waals surface area (Å²) in [7, 11) is 0. The Morgan fingerprint density at radius 2 is 1.88 bits per heavy atom. The first-order valence-electron chi connectivity index (χ1n) is 10.9. The van der Waals surface area contributed by atoms with Crippen LogP contribution in [0.25, 0.3) is 22.5 Å². The van der Waals surface area contributed by atoms with Crippen molar-refractivity contribution >= 4 is 12.0 Å². The lowest BCUT2D eigenvalue weighted by Crippen LogP contribution is -2.44. The molecule has 1 aliphatic heterocycles. The monoisotopic (exact) mass is 435 g/mol. The van der Waals surface area contributed by atoms with E-state index >= 15 is 0 Å². The molecule has 4 rings (SSSR count). The van der Waals surface area contributed by atoms with Crippen LogP contribution in [0, 0.1) is 6.92 Å². The second kappa shape index (κ2) is 8.98. The highest BCUT2D eigenvalue weighted by Gasteiger charge is 2.27. The lowest BCUT2D eigenvalue weighted by molar-refractivity contribution is 0.0210. The number of aromatic nitrogens is 3. The van der Waals surface area contributed by atoms with Crippen molar-refractivity contribution in [1.29, 1.82) is 0 Å². The van der Waals surface area contributed by atoms with E-state index in [9.17, 15) is 4.79 Å². The first-order chi connectivity index (χ1) is 15.3. The predicted molar refractivity (Wildman–Crippen MR) is 122 cm³/mol. The molecule has 3 heterocycles. The molecule has 2 aromatic heterocycles. The van der Waals surface area contributed by atoms with Crippen LogP contribution in [0.2, 0.25) is 0 Å². The number of hydrogen-bond acceptors (Lipinski definition) is 7. The number of aryl methyl sites for hydroxylation is 1. The molecular formula is C24H29N5O3. The lowest BCUT2D eigenvalue weighted by Gasteiger charge is -2.33. The van der Waals surface area contributed by atoms with E-state index in [0.717, 1.165) is 35.4 Å². The number of nitrogens with zero attached hydrogens (tertiary/aromatic N) is 4. The molecule has 3 aromatic rings. The number of piperidine rings is 1. The Labute approximate surface area is 188 Å². The van der Waals surface area contributed by atoms with Gasteiger partial charge in [-0.2, -0.15) is 0 Å². The van der Waals surface area contributed by atoms with Crippen molar-refractivity contribution in [1.82, 2.24) is 20.0 Å². The second-order valence-corrected chi connectivity index (χ2v) is 8.98. The van der Waals surface area contributed by atoms with Gasteiger partial charge in [0.05, 0.1) is 11.3 Å². The van der Waals surface area contributed by atoms with Gasteiger partial charge in [-0.3, -0.25) is 0 Å². The number of ether oxygens (including phenoxy) is 1. The van der Waals surface area contributed by atoms with Gasteiger partial charge in [0.1, 0.15) is 17.1 Å². The Kier molecular flexibility index (Phi) is 6.12. The highest BCUT2D eigenvalue weighted by molar-refractivity contribution is 5.80. The van der Waals surface area contributed by atoms with Gasteiger partial charge in [-0.05, 0) is 46.6 Å². The van der Waals surface area contributed by atoms with Gasteiger partial charge in [-0.25, -0.2) is 14.8 Å². The molecule has 8 heteroatoms. The fraction of sp³-hybridized carbons (Fsp3) is 0.417. The maximum absolute atomic E-state index is 12.3. The summed E-state index contributed by atoms with van der Waals surface area (Å²) in [5.41, 5.74) is 2.87. The number of likely N-dealkylation sites (tertiary alicyclic amines) is 1. The minimum Gasteiger partial charge on any atom is -0.444 e. The molecule has 0 saturated carbocycles. The van der Waals surface area contributed by atoms with Crippen LogP contribution in [0.1, 0.15) is 39.4 Å². The van der Waals surface area contributed by atoms with Crippen molar-refractivity contribution in [2.75, 3.05) is 18.4 Å². The van der Waals surface area contributed by atoms with Crippen molar-refractivity contribution in [3.63, 3.8) is 0 Å². The average Bonchev–Trinajstić information content (AvgIpc) is 3.15. The van der Waals surface area contributed by atoms with Crippen molar-refractivity contribution in [3.8, 4) is 22.5 Å². The van der Waals surface area contributed by atoms with Gasteiger partial charge >= 0.3 is 6.09 Å². The molecule has 0 radical (unpaired) electrons. The van der Waals surface area contributed by atoms with Crippen LogP contribution in [0.3, 0.4) is 0 Å². The molecule has 0 aliphatic carbocycles. The predicted octanol–water partition coefficient (Wildman–Crippen LogP) is 4.92. The molecule has 0 atom stereocenters. The SMILES string of the molecule is Cc1onc(-c2ccccc2)c1-c1ccnc(NC2CCN(C(=O)OC(C)(C)C)CC2)n1. The van der Waals surface area contributed by atoms with E-state index < -0.39 is 5.60 Å². The Morgan fingerprint density at radius 3 is 2.56 bits per heavy atom. The highest BCUT2D eigenvalue weighted by atomic mass is 16.6. The third-order valence-corrected chi connectivity index (χ3v) is 5.30. The molecule has 168 valence electrons. The largest absolute Gasteiger partial charge is 0.444 e. The van der Waals surface area contributed by atoms with E-state index in [1.54, 1.807) is 11.1 Å². The van der Waals surface area contributed by atoms with Crippen LogP contribution < -0.4 is 5.32 Å². The number of nitrogens with one attached hydrogen (secondary N) is 1. The molecule has 8 nitrogen and oxygen atoms in total. The molecule has 1 aromatic carbocycles. The Hall–Kier alpha value is -3.42. The van der Waals surface area contributed by atoms with Crippen LogP contribution in [-0.2, 0) is 4.74 Å². The Balaban J connectivity index is 1.45. The number of hydrogen-bond donors (Lipinski definition) is 1. The van der Waals surface area contributed by atoms with Gasteiger partial charge in [0.2, 0.25) is 5.95 Å². The third-order valence-electron chi connectivity index (χ3n) is 5.30. The van der Waals surface area contributed by atoms with Crippen molar-refractivity contribution < 1.29 is 14.1 Å². The lowest BCUT2D eigenvalue weighted by atomic mass is 10.0. The molecule has 0 spiro atoms. The highest BCUT2D eigenvalue weighted by Crippen LogP contribution is 2.33. The summed E-state index contributed by atoms with van der Waals surface area (Å²) in [5, 5.41) is 7.67. The zero-order valence-corrected chi connectivity index (χ0v) is 19.0. The summed E-state index contributed by atoms with van der Waals surface area (Å²) in [6.07, 6.45) is 3.08. The molecule has 0 bridgehead atoms. The van der Waals surface area contributed by atoms with E-state index in [1.807, 2.05) is 64.1 Å². The number of benzene rings is 1. The summed E-state index contributed by atoms with van der Waals surface area (Å²) in [6.45, 7) is 8.79. The Morgan fingerprint density at radius 1 is 1.16 bits per heavy atom. The maximum atomic E-state index is 12.3. The van der Waals surface area contributed by atoms with E-state index in [2.05, 4.69) is 15.5 Å². The number of anilines is 1. The van der Waals surface area contributed by atoms with Gasteiger partial charge < -0.3 is 19.5 Å². The summed E-state index contributed by atoms with van der Waals surface area (Å²) in [6, 6.07) is 12.0. The first-order valence-corrected chi connectivity index (χ1v) is 10.9. The van der Waals surface area contributed by atoms with Crippen LogP contribution in [0.5, 0.6) is 0 Å². The minimum atomic E-state index is -0.487. The first kappa shape index (κ1) is 21.8. The minimum absolute atomic E-state index is 0.182. The number of carbonyl (C=O) groups is 1. The maximum Gasteiger partial charge on any atom is 0.410 e. The fourth-order valence-electron chi connectivity index (χ4n) is 3.75. The molecule has 1 fully saturated rings. The number of amides is 1. The summed E-state index contributed by atoms with van der Waals surface area (Å²) in [4.78, 5) is 23.2. The molecular weight excluding hydrogens is 406 g/mol. The van der Waals surface area contributed by atoms with Crippen molar-refractivity contribution in [2.45, 2.75) is 52.2 Å². The fourth-order valence-corrected chi connectivity index (χ4v) is 3.75. The summed E-state index contributed by atoms with van der Waals surface area (Å²) in [5.74, 6) is 1.26. The van der Waals surface area contributed by atoms with Crippen LogP contribution in [0.15, 0.2) is 47.1 Å². The smallest absolute Gasteiger partial charge is 0.410 e. The van der Waals surface area contributed by atoms with Gasteiger partial charge in [0.25, 0.3) is 0 Å². The van der Waals surface area contributed by atoms with Crippen LogP contribution >= 0.6 is 0 Å². The molecule has 1 N–H and O–H groups in total.